The molecule has 0 aliphatic heterocycles. The van der Waals surface area contributed by atoms with Crippen molar-refractivity contribution in [1.29, 1.82) is 0 Å². The number of non-ortho nitro benzene ring substituents is 1. The molecule has 2 N–H and O–H groups in total. The van der Waals surface area contributed by atoms with Gasteiger partial charge in [-0.15, -0.1) is 0 Å². The van der Waals surface area contributed by atoms with Gasteiger partial charge in [-0.2, -0.15) is 0 Å². The van der Waals surface area contributed by atoms with Gasteiger partial charge >= 0.3 is 0 Å². The lowest BCUT2D eigenvalue weighted by Crippen LogP contribution is -2.05. The van der Waals surface area contributed by atoms with Crippen molar-refractivity contribution in [2.75, 3.05) is 5.84 Å². The minimum absolute atomic E-state index is 0.0536. The first-order valence-electron chi connectivity index (χ1n) is 3.69. The number of nitrogens with zero attached hydrogens (tertiary/aromatic N) is 2. The van der Waals surface area contributed by atoms with Crippen LogP contribution in [0.4, 0.5) is 5.69 Å². The van der Waals surface area contributed by atoms with E-state index >= 15 is 0 Å². The van der Waals surface area contributed by atoms with Crippen molar-refractivity contribution in [3.63, 3.8) is 0 Å². The number of hydrogen-bond acceptors (Lipinski definition) is 3. The fraction of sp³-hybridized carbons (Fsp3) is 0. The summed E-state index contributed by atoms with van der Waals surface area (Å²) in [6, 6.07) is 6.40. The topological polar surface area (TPSA) is 74.1 Å². The predicted molar refractivity (Wildman–Crippen MR) is 48.7 cm³/mol. The van der Waals surface area contributed by atoms with E-state index in [2.05, 4.69) is 0 Å². The van der Waals surface area contributed by atoms with Crippen LogP contribution in [0.25, 0.3) is 10.9 Å². The minimum Gasteiger partial charge on any atom is -0.339 e. The fourth-order valence-corrected chi connectivity index (χ4v) is 1.25. The summed E-state index contributed by atoms with van der Waals surface area (Å²) in [5.74, 6) is 5.54. The summed E-state index contributed by atoms with van der Waals surface area (Å²) in [5.41, 5.74) is 0.715. The van der Waals surface area contributed by atoms with Gasteiger partial charge in [0.1, 0.15) is 0 Å². The van der Waals surface area contributed by atoms with Gasteiger partial charge in [-0.05, 0) is 12.1 Å². The van der Waals surface area contributed by atoms with Crippen molar-refractivity contribution in [1.82, 2.24) is 4.68 Å². The molecule has 1 heterocycles. The van der Waals surface area contributed by atoms with Crippen LogP contribution in [0.3, 0.4) is 0 Å². The zero-order chi connectivity index (χ0) is 9.42. The third-order valence-corrected chi connectivity index (χ3v) is 1.92. The molecular formula is C8H7N3O2. The Morgan fingerprint density at radius 2 is 2.15 bits per heavy atom. The van der Waals surface area contributed by atoms with Gasteiger partial charge in [-0.3, -0.25) is 14.8 Å². The molecule has 2 rings (SSSR count). The largest absolute Gasteiger partial charge is 0.339 e. The van der Waals surface area contributed by atoms with Crippen molar-refractivity contribution >= 4 is 16.6 Å². The van der Waals surface area contributed by atoms with Crippen LogP contribution in [0.15, 0.2) is 30.5 Å². The molecule has 0 saturated heterocycles. The lowest BCUT2D eigenvalue weighted by Gasteiger charge is -1.95. The van der Waals surface area contributed by atoms with Crippen LogP contribution < -0.4 is 5.84 Å². The monoisotopic (exact) mass is 177 g/mol. The fourth-order valence-electron chi connectivity index (χ4n) is 1.25. The molecule has 1 aromatic heterocycles. The highest BCUT2D eigenvalue weighted by Crippen LogP contribution is 2.20. The van der Waals surface area contributed by atoms with Gasteiger partial charge < -0.3 is 5.84 Å². The maximum Gasteiger partial charge on any atom is 0.271 e. The number of rotatable bonds is 1. The van der Waals surface area contributed by atoms with Crippen LogP contribution >= 0.6 is 0 Å². The van der Waals surface area contributed by atoms with Gasteiger partial charge in [-0.25, -0.2) is 0 Å². The summed E-state index contributed by atoms with van der Waals surface area (Å²) < 4.78 is 1.36. The van der Waals surface area contributed by atoms with Crippen molar-refractivity contribution in [2.45, 2.75) is 0 Å². The second-order valence-electron chi connectivity index (χ2n) is 2.72. The first kappa shape index (κ1) is 7.60. The van der Waals surface area contributed by atoms with Crippen molar-refractivity contribution in [2.24, 2.45) is 0 Å². The Morgan fingerprint density at radius 1 is 1.38 bits per heavy atom. The van der Waals surface area contributed by atoms with Crippen LogP contribution in [0.1, 0.15) is 0 Å². The number of aromatic nitrogens is 1. The highest BCUT2D eigenvalue weighted by Gasteiger charge is 2.07. The molecule has 0 aliphatic carbocycles. The smallest absolute Gasteiger partial charge is 0.271 e. The van der Waals surface area contributed by atoms with Crippen molar-refractivity contribution in [3.8, 4) is 0 Å². The number of hydrogen-bond donors (Lipinski definition) is 1. The SMILES string of the molecule is Nn1ccc2ccc([N+](=O)[O-])cc21. The maximum absolute atomic E-state index is 10.4. The molecule has 2 aromatic rings. The molecule has 0 spiro atoms. The summed E-state index contributed by atoms with van der Waals surface area (Å²) >= 11 is 0. The Kier molecular flexibility index (Phi) is 1.45. The molecule has 0 bridgehead atoms. The molecule has 66 valence electrons. The van der Waals surface area contributed by atoms with E-state index in [1.165, 1.54) is 16.8 Å². The molecule has 13 heavy (non-hydrogen) atoms. The second kappa shape index (κ2) is 2.48. The number of nitrogen functional groups attached to an aromatic ring is 1. The minimum atomic E-state index is -0.438. The Bertz CT molecular complexity index is 475. The molecule has 0 unspecified atom stereocenters. The van der Waals surface area contributed by atoms with E-state index in [1.807, 2.05) is 0 Å². The number of fused-ring (bicyclic) bond motifs is 1. The number of benzene rings is 1. The van der Waals surface area contributed by atoms with Crippen molar-refractivity contribution < 1.29 is 4.92 Å². The zero-order valence-corrected chi connectivity index (χ0v) is 6.68. The number of nitrogens with two attached hydrogens (primary N) is 1. The summed E-state index contributed by atoms with van der Waals surface area (Å²) in [6.45, 7) is 0. The van der Waals surface area contributed by atoms with Gasteiger partial charge in [0.25, 0.3) is 5.69 Å². The first-order valence-corrected chi connectivity index (χ1v) is 3.69. The Labute approximate surface area is 73.5 Å². The zero-order valence-electron chi connectivity index (χ0n) is 6.68. The van der Waals surface area contributed by atoms with Gasteiger partial charge in [-0.1, -0.05) is 0 Å². The third kappa shape index (κ3) is 1.10. The third-order valence-electron chi connectivity index (χ3n) is 1.92. The van der Waals surface area contributed by atoms with E-state index in [1.54, 1.807) is 18.3 Å². The van der Waals surface area contributed by atoms with E-state index in [-0.39, 0.29) is 5.69 Å². The van der Waals surface area contributed by atoms with E-state index in [4.69, 9.17) is 5.84 Å². The van der Waals surface area contributed by atoms with Crippen LogP contribution in [0.2, 0.25) is 0 Å². The highest BCUT2D eigenvalue weighted by atomic mass is 16.6. The average molecular weight is 177 g/mol. The lowest BCUT2D eigenvalue weighted by atomic mass is 10.2. The molecule has 1 aromatic carbocycles. The predicted octanol–water partition coefficient (Wildman–Crippen LogP) is 1.26. The molecule has 0 amide bonds. The second-order valence-corrected chi connectivity index (χ2v) is 2.72. The Balaban J connectivity index is 2.72. The summed E-state index contributed by atoms with van der Waals surface area (Å²) in [4.78, 5) is 10.00. The summed E-state index contributed by atoms with van der Waals surface area (Å²) in [6.07, 6.45) is 1.66. The molecular weight excluding hydrogens is 170 g/mol. The Morgan fingerprint density at radius 3 is 2.85 bits per heavy atom. The quantitative estimate of drug-likeness (QED) is 0.405. The molecule has 0 atom stereocenters. The van der Waals surface area contributed by atoms with E-state index in [9.17, 15) is 10.1 Å². The van der Waals surface area contributed by atoms with E-state index in [0.717, 1.165) is 5.39 Å². The summed E-state index contributed by atoms with van der Waals surface area (Å²) in [7, 11) is 0. The standard InChI is InChI=1S/C8H7N3O2/c9-10-4-3-6-1-2-7(11(12)13)5-8(6)10/h1-5H,9H2. The molecule has 0 aliphatic rings. The molecule has 0 saturated carbocycles. The van der Waals surface area contributed by atoms with Crippen molar-refractivity contribution in [3.05, 3.63) is 40.6 Å². The molecule has 5 nitrogen and oxygen atoms in total. The van der Waals surface area contributed by atoms with Gasteiger partial charge in [0, 0.05) is 23.7 Å². The first-order chi connectivity index (χ1) is 6.18. The number of nitro benzene ring substituents is 1. The van der Waals surface area contributed by atoms with Crippen LogP contribution in [-0.2, 0) is 0 Å². The Hall–Kier alpha value is -2.04. The van der Waals surface area contributed by atoms with Crippen LogP contribution in [0.5, 0.6) is 0 Å². The molecule has 0 fully saturated rings. The maximum atomic E-state index is 10.4. The normalized spacial score (nSPS) is 10.5. The van der Waals surface area contributed by atoms with Crippen LogP contribution in [-0.4, -0.2) is 9.60 Å². The van der Waals surface area contributed by atoms with E-state index in [0.29, 0.717) is 5.52 Å². The van der Waals surface area contributed by atoms with Gasteiger partial charge in [0.2, 0.25) is 0 Å². The number of nitro groups is 1. The highest BCUT2D eigenvalue weighted by molar-refractivity contribution is 5.82. The van der Waals surface area contributed by atoms with Crippen LogP contribution in [0, 0.1) is 10.1 Å². The average Bonchev–Trinajstić information content (AvgIpc) is 2.47. The van der Waals surface area contributed by atoms with Gasteiger partial charge in [0.15, 0.2) is 0 Å². The summed E-state index contributed by atoms with van der Waals surface area (Å²) in [5, 5.41) is 11.3. The molecule has 0 radical (unpaired) electrons. The molecule has 5 heteroatoms. The van der Waals surface area contributed by atoms with Gasteiger partial charge in [0.05, 0.1) is 10.4 Å². The lowest BCUT2D eigenvalue weighted by molar-refractivity contribution is -0.384. The van der Waals surface area contributed by atoms with E-state index < -0.39 is 4.92 Å².